The normalized spacial score (nSPS) is 11.7. The van der Waals surface area contributed by atoms with Crippen molar-refractivity contribution in [3.8, 4) is 0 Å². The third-order valence-corrected chi connectivity index (χ3v) is 6.94. The van der Waals surface area contributed by atoms with Crippen molar-refractivity contribution < 1.29 is 0 Å². The van der Waals surface area contributed by atoms with E-state index < -0.39 is 0 Å². The Balaban J connectivity index is 1.33. The van der Waals surface area contributed by atoms with Crippen LogP contribution in [0, 0.1) is 0 Å². The maximum atomic E-state index is 5.22. The summed E-state index contributed by atoms with van der Waals surface area (Å²) in [5, 5.41) is 6.50. The van der Waals surface area contributed by atoms with Crippen molar-refractivity contribution in [2.45, 2.75) is 90.4 Å². The predicted molar refractivity (Wildman–Crippen MR) is 142 cm³/mol. The summed E-state index contributed by atoms with van der Waals surface area (Å²) < 4.78 is 0. The topological polar surface area (TPSA) is 12.9 Å². The third-order valence-electron chi connectivity index (χ3n) is 6.94. The number of hydrogen-bond donors (Lipinski definition) is 0. The minimum absolute atomic E-state index is 1.08. The van der Waals surface area contributed by atoms with Crippen LogP contribution in [0.1, 0.15) is 89.7 Å². The van der Waals surface area contributed by atoms with Crippen molar-refractivity contribution >= 4 is 32.4 Å². The number of aromatic nitrogens is 1. The molecule has 0 bridgehead atoms. The fraction of sp³-hybridized carbons (Fsp3) is 0.452. The SMILES string of the molecule is CCCCCCCCCCCCCCc1nc2c3ccccc3ccc2c2ccccc12. The first kappa shape index (κ1) is 22.8. The van der Waals surface area contributed by atoms with Crippen LogP contribution in [-0.4, -0.2) is 4.98 Å². The fourth-order valence-electron chi connectivity index (χ4n) is 5.08. The Kier molecular flexibility index (Phi) is 8.54. The molecular formula is C31H39N. The van der Waals surface area contributed by atoms with Gasteiger partial charge in [0.2, 0.25) is 0 Å². The van der Waals surface area contributed by atoms with E-state index in [2.05, 4.69) is 67.6 Å². The van der Waals surface area contributed by atoms with Crippen LogP contribution in [0.4, 0.5) is 0 Å². The molecule has 4 aromatic rings. The molecule has 1 heteroatoms. The van der Waals surface area contributed by atoms with Gasteiger partial charge in [0, 0.05) is 21.9 Å². The van der Waals surface area contributed by atoms with Crippen LogP contribution in [0.3, 0.4) is 0 Å². The van der Waals surface area contributed by atoms with Gasteiger partial charge in [-0.2, -0.15) is 0 Å². The van der Waals surface area contributed by atoms with Gasteiger partial charge in [0.1, 0.15) is 0 Å². The molecule has 0 radical (unpaired) electrons. The molecule has 0 unspecified atom stereocenters. The van der Waals surface area contributed by atoms with Crippen LogP contribution < -0.4 is 0 Å². The minimum atomic E-state index is 1.08. The van der Waals surface area contributed by atoms with Crippen LogP contribution in [0.2, 0.25) is 0 Å². The van der Waals surface area contributed by atoms with E-state index in [1.54, 1.807) is 0 Å². The largest absolute Gasteiger partial charge is 0.252 e. The van der Waals surface area contributed by atoms with Crippen molar-refractivity contribution in [3.63, 3.8) is 0 Å². The first-order valence-electron chi connectivity index (χ1n) is 13.1. The van der Waals surface area contributed by atoms with E-state index in [-0.39, 0.29) is 0 Å². The molecule has 0 aliphatic rings. The van der Waals surface area contributed by atoms with Crippen molar-refractivity contribution in [2.24, 2.45) is 0 Å². The molecule has 32 heavy (non-hydrogen) atoms. The van der Waals surface area contributed by atoms with E-state index >= 15 is 0 Å². The van der Waals surface area contributed by atoms with Gasteiger partial charge < -0.3 is 0 Å². The van der Waals surface area contributed by atoms with E-state index in [0.29, 0.717) is 0 Å². The predicted octanol–water partition coefficient (Wildman–Crippen LogP) is 9.78. The number of fused-ring (bicyclic) bond motifs is 5. The highest BCUT2D eigenvalue weighted by molar-refractivity contribution is 6.15. The second kappa shape index (κ2) is 12.0. The van der Waals surface area contributed by atoms with Gasteiger partial charge in [-0.15, -0.1) is 0 Å². The Labute approximate surface area is 194 Å². The first-order chi connectivity index (χ1) is 15.9. The average molecular weight is 426 g/mol. The Bertz CT molecular complexity index is 1130. The molecule has 1 heterocycles. The summed E-state index contributed by atoms with van der Waals surface area (Å²) in [4.78, 5) is 5.22. The fourth-order valence-corrected chi connectivity index (χ4v) is 5.08. The lowest BCUT2D eigenvalue weighted by Crippen LogP contribution is -1.95. The smallest absolute Gasteiger partial charge is 0.0790 e. The van der Waals surface area contributed by atoms with Crippen LogP contribution in [-0.2, 0) is 6.42 Å². The Morgan fingerprint density at radius 3 is 1.75 bits per heavy atom. The van der Waals surface area contributed by atoms with Gasteiger partial charge >= 0.3 is 0 Å². The molecule has 4 rings (SSSR count). The maximum Gasteiger partial charge on any atom is 0.0790 e. The van der Waals surface area contributed by atoms with Crippen LogP contribution in [0.5, 0.6) is 0 Å². The van der Waals surface area contributed by atoms with E-state index in [0.717, 1.165) is 11.9 Å². The van der Waals surface area contributed by atoms with Crippen molar-refractivity contribution in [1.29, 1.82) is 0 Å². The molecule has 3 aromatic carbocycles. The lowest BCUT2D eigenvalue weighted by Gasteiger charge is -2.12. The standard InChI is InChI=1S/C31H39N/c1-2-3-4-5-6-7-8-9-10-11-12-13-22-30-28-21-17-16-20-27(28)29-24-23-25-18-14-15-19-26(25)31(29)32-30/h14-21,23-24H,2-13,22H2,1H3. The first-order valence-corrected chi connectivity index (χ1v) is 13.1. The highest BCUT2D eigenvalue weighted by Gasteiger charge is 2.10. The Morgan fingerprint density at radius 2 is 1.06 bits per heavy atom. The van der Waals surface area contributed by atoms with E-state index in [1.807, 2.05) is 0 Å². The summed E-state index contributed by atoms with van der Waals surface area (Å²) in [6.07, 6.45) is 17.8. The molecule has 0 atom stereocenters. The van der Waals surface area contributed by atoms with E-state index in [1.165, 1.54) is 110 Å². The number of nitrogens with zero attached hydrogens (tertiary/aromatic N) is 1. The molecule has 0 amide bonds. The number of rotatable bonds is 13. The lowest BCUT2D eigenvalue weighted by atomic mass is 9.98. The van der Waals surface area contributed by atoms with Gasteiger partial charge in [-0.25, -0.2) is 0 Å². The summed E-state index contributed by atoms with van der Waals surface area (Å²) in [6, 6.07) is 22.0. The van der Waals surface area contributed by atoms with Gasteiger partial charge in [0.05, 0.1) is 5.52 Å². The molecule has 0 aliphatic heterocycles. The molecule has 168 valence electrons. The summed E-state index contributed by atoms with van der Waals surface area (Å²) in [5.74, 6) is 0. The van der Waals surface area contributed by atoms with Crippen molar-refractivity contribution in [3.05, 3.63) is 66.4 Å². The molecule has 0 N–H and O–H groups in total. The summed E-state index contributed by atoms with van der Waals surface area (Å²) in [6.45, 7) is 2.29. The molecule has 0 fully saturated rings. The molecule has 0 saturated carbocycles. The quantitative estimate of drug-likeness (QED) is 0.153. The monoisotopic (exact) mass is 425 g/mol. The van der Waals surface area contributed by atoms with Crippen molar-refractivity contribution in [2.75, 3.05) is 0 Å². The highest BCUT2D eigenvalue weighted by atomic mass is 14.7. The Hall–Kier alpha value is -2.41. The van der Waals surface area contributed by atoms with Crippen molar-refractivity contribution in [1.82, 2.24) is 4.98 Å². The van der Waals surface area contributed by atoms with Gasteiger partial charge in [0.25, 0.3) is 0 Å². The van der Waals surface area contributed by atoms with Crippen LogP contribution >= 0.6 is 0 Å². The minimum Gasteiger partial charge on any atom is -0.252 e. The van der Waals surface area contributed by atoms with Gasteiger partial charge in [-0.05, 0) is 23.6 Å². The second-order valence-corrected chi connectivity index (χ2v) is 9.43. The van der Waals surface area contributed by atoms with Gasteiger partial charge in [-0.3, -0.25) is 4.98 Å². The molecule has 0 spiro atoms. The molecule has 1 nitrogen and oxygen atoms in total. The van der Waals surface area contributed by atoms with E-state index in [4.69, 9.17) is 4.98 Å². The van der Waals surface area contributed by atoms with Gasteiger partial charge in [0.15, 0.2) is 0 Å². The number of hydrogen-bond acceptors (Lipinski definition) is 1. The Morgan fingerprint density at radius 1 is 0.500 bits per heavy atom. The average Bonchev–Trinajstić information content (AvgIpc) is 2.84. The second-order valence-electron chi connectivity index (χ2n) is 9.43. The summed E-state index contributed by atoms with van der Waals surface area (Å²) >= 11 is 0. The third kappa shape index (κ3) is 5.68. The number of benzene rings is 3. The van der Waals surface area contributed by atoms with Gasteiger partial charge in [-0.1, -0.05) is 138 Å². The van der Waals surface area contributed by atoms with Crippen LogP contribution in [0.25, 0.3) is 32.4 Å². The number of aryl methyl sites for hydroxylation is 1. The highest BCUT2D eigenvalue weighted by Crippen LogP contribution is 2.32. The molecule has 0 saturated heterocycles. The molecule has 0 aliphatic carbocycles. The number of unbranched alkanes of at least 4 members (excludes halogenated alkanes) is 11. The summed E-state index contributed by atoms with van der Waals surface area (Å²) in [5.41, 5.74) is 2.44. The summed E-state index contributed by atoms with van der Waals surface area (Å²) in [7, 11) is 0. The lowest BCUT2D eigenvalue weighted by molar-refractivity contribution is 0.543. The zero-order chi connectivity index (χ0) is 22.0. The number of pyridine rings is 1. The zero-order valence-corrected chi connectivity index (χ0v) is 19.9. The zero-order valence-electron chi connectivity index (χ0n) is 19.9. The molecule has 1 aromatic heterocycles. The van der Waals surface area contributed by atoms with E-state index in [9.17, 15) is 0 Å². The maximum absolute atomic E-state index is 5.22. The van der Waals surface area contributed by atoms with Crippen LogP contribution in [0.15, 0.2) is 60.7 Å². The molecular weight excluding hydrogens is 386 g/mol.